The molecule has 2 aliphatic rings. The standard InChI is InChI=1S/C28H39N3O/c1-22-19-23(2)21-24(20-22)13-14-29-28(32)27(25-9-5-3-6-10-25)31-17-15-30(16-18-31)26-11-7-4-8-12-26/h3,5-6,9-10,19-21,26-27H,4,7-8,11-18H2,1-2H3,(H,29,32). The SMILES string of the molecule is Cc1cc(C)cc(CCNC(=O)C(c2ccccc2)N2CCN(C3CCCCC3)CC2)c1. The molecule has 1 saturated carbocycles. The minimum Gasteiger partial charge on any atom is -0.354 e. The van der Waals surface area contributed by atoms with Gasteiger partial charge in [0.1, 0.15) is 6.04 Å². The maximum absolute atomic E-state index is 13.4. The first-order valence-electron chi connectivity index (χ1n) is 12.5. The number of rotatable bonds is 7. The lowest BCUT2D eigenvalue weighted by Crippen LogP contribution is -2.53. The van der Waals surface area contributed by atoms with Crippen LogP contribution in [0.15, 0.2) is 48.5 Å². The van der Waals surface area contributed by atoms with Crippen molar-refractivity contribution in [1.29, 1.82) is 0 Å². The van der Waals surface area contributed by atoms with Crippen LogP contribution in [0.4, 0.5) is 0 Å². The zero-order valence-corrected chi connectivity index (χ0v) is 19.9. The first-order chi connectivity index (χ1) is 15.6. The molecule has 1 atom stereocenters. The maximum Gasteiger partial charge on any atom is 0.241 e. The molecule has 1 amide bonds. The molecule has 32 heavy (non-hydrogen) atoms. The van der Waals surface area contributed by atoms with Gasteiger partial charge in [-0.05, 0) is 44.2 Å². The number of nitrogens with zero attached hydrogens (tertiary/aromatic N) is 2. The first kappa shape index (κ1) is 23.0. The molecule has 0 aromatic heterocycles. The predicted octanol–water partition coefficient (Wildman–Crippen LogP) is 4.65. The Labute approximate surface area is 194 Å². The van der Waals surface area contributed by atoms with Crippen LogP contribution in [0.25, 0.3) is 0 Å². The van der Waals surface area contributed by atoms with Crippen molar-refractivity contribution in [2.45, 2.75) is 64.5 Å². The minimum absolute atomic E-state index is 0.131. The predicted molar refractivity (Wildman–Crippen MR) is 132 cm³/mol. The number of carbonyl (C=O) groups is 1. The first-order valence-corrected chi connectivity index (χ1v) is 12.5. The van der Waals surface area contributed by atoms with E-state index in [2.05, 4.69) is 59.3 Å². The molecular weight excluding hydrogens is 394 g/mol. The van der Waals surface area contributed by atoms with Gasteiger partial charge in [0.2, 0.25) is 5.91 Å². The van der Waals surface area contributed by atoms with Crippen LogP contribution in [0.2, 0.25) is 0 Å². The molecule has 4 heteroatoms. The van der Waals surface area contributed by atoms with Crippen molar-refractivity contribution >= 4 is 5.91 Å². The molecule has 1 saturated heterocycles. The molecule has 1 unspecified atom stereocenters. The molecule has 4 nitrogen and oxygen atoms in total. The zero-order chi connectivity index (χ0) is 22.3. The number of hydrogen-bond donors (Lipinski definition) is 1. The van der Waals surface area contributed by atoms with E-state index in [0.29, 0.717) is 6.54 Å². The molecule has 0 spiro atoms. The van der Waals surface area contributed by atoms with Crippen LogP contribution in [0.1, 0.15) is 60.4 Å². The van der Waals surface area contributed by atoms with Gasteiger partial charge in [0.05, 0.1) is 0 Å². The normalized spacial score (nSPS) is 19.6. The average molecular weight is 434 g/mol. The topological polar surface area (TPSA) is 35.6 Å². The molecule has 2 fully saturated rings. The Morgan fingerprint density at radius 1 is 0.938 bits per heavy atom. The second kappa shape index (κ2) is 11.1. The minimum atomic E-state index is -0.205. The summed E-state index contributed by atoms with van der Waals surface area (Å²) in [5.74, 6) is 0.131. The molecule has 2 aromatic rings. The summed E-state index contributed by atoms with van der Waals surface area (Å²) < 4.78 is 0. The molecule has 0 radical (unpaired) electrons. The van der Waals surface area contributed by atoms with Crippen LogP contribution in [0.5, 0.6) is 0 Å². The summed E-state index contributed by atoms with van der Waals surface area (Å²) in [5.41, 5.74) is 4.95. The number of hydrogen-bond acceptors (Lipinski definition) is 3. The number of aryl methyl sites for hydroxylation is 2. The highest BCUT2D eigenvalue weighted by molar-refractivity contribution is 5.83. The largest absolute Gasteiger partial charge is 0.354 e. The highest BCUT2D eigenvalue weighted by Crippen LogP contribution is 2.27. The lowest BCUT2D eigenvalue weighted by molar-refractivity contribution is -0.127. The van der Waals surface area contributed by atoms with Crippen molar-refractivity contribution < 1.29 is 4.79 Å². The molecule has 1 N–H and O–H groups in total. The van der Waals surface area contributed by atoms with Gasteiger partial charge in [0.25, 0.3) is 0 Å². The molecule has 1 heterocycles. The summed E-state index contributed by atoms with van der Waals surface area (Å²) >= 11 is 0. The third-order valence-corrected chi connectivity index (χ3v) is 7.16. The summed E-state index contributed by atoms with van der Waals surface area (Å²) in [6.07, 6.45) is 7.71. The van der Waals surface area contributed by atoms with E-state index in [1.165, 1.54) is 48.8 Å². The van der Waals surface area contributed by atoms with E-state index in [1.807, 2.05) is 18.2 Å². The van der Waals surface area contributed by atoms with Crippen molar-refractivity contribution in [2.75, 3.05) is 32.7 Å². The molecular formula is C28H39N3O. The number of amides is 1. The highest BCUT2D eigenvalue weighted by Gasteiger charge is 2.32. The Balaban J connectivity index is 1.38. The number of benzene rings is 2. The quantitative estimate of drug-likeness (QED) is 0.690. The second-order valence-corrected chi connectivity index (χ2v) is 9.71. The van der Waals surface area contributed by atoms with E-state index >= 15 is 0 Å². The van der Waals surface area contributed by atoms with E-state index < -0.39 is 0 Å². The molecule has 1 aliphatic heterocycles. The van der Waals surface area contributed by atoms with Crippen LogP contribution >= 0.6 is 0 Å². The molecule has 2 aromatic carbocycles. The smallest absolute Gasteiger partial charge is 0.241 e. The Kier molecular flexibility index (Phi) is 7.99. The fourth-order valence-electron chi connectivity index (χ4n) is 5.61. The van der Waals surface area contributed by atoms with Gasteiger partial charge in [0, 0.05) is 38.8 Å². The summed E-state index contributed by atoms with van der Waals surface area (Å²) in [6.45, 7) is 9.00. The van der Waals surface area contributed by atoms with Gasteiger partial charge in [-0.3, -0.25) is 14.6 Å². The fraction of sp³-hybridized carbons (Fsp3) is 0.536. The van der Waals surface area contributed by atoms with Crippen molar-refractivity contribution in [3.05, 3.63) is 70.8 Å². The zero-order valence-electron chi connectivity index (χ0n) is 19.9. The van der Waals surface area contributed by atoms with E-state index in [0.717, 1.165) is 44.2 Å². The lowest BCUT2D eigenvalue weighted by atomic mass is 9.93. The number of carbonyl (C=O) groups excluding carboxylic acids is 1. The van der Waals surface area contributed by atoms with Gasteiger partial charge in [0.15, 0.2) is 0 Å². The van der Waals surface area contributed by atoms with Gasteiger partial charge in [-0.15, -0.1) is 0 Å². The van der Waals surface area contributed by atoms with E-state index in [-0.39, 0.29) is 11.9 Å². The Hall–Kier alpha value is -2.17. The monoisotopic (exact) mass is 433 g/mol. The van der Waals surface area contributed by atoms with Crippen molar-refractivity contribution in [3.63, 3.8) is 0 Å². The fourth-order valence-corrected chi connectivity index (χ4v) is 5.61. The lowest BCUT2D eigenvalue weighted by Gasteiger charge is -2.43. The van der Waals surface area contributed by atoms with Crippen LogP contribution < -0.4 is 5.32 Å². The van der Waals surface area contributed by atoms with Crippen LogP contribution in [-0.2, 0) is 11.2 Å². The average Bonchev–Trinajstić information content (AvgIpc) is 2.80. The maximum atomic E-state index is 13.4. The van der Waals surface area contributed by atoms with Gasteiger partial charge >= 0.3 is 0 Å². The van der Waals surface area contributed by atoms with Crippen molar-refractivity contribution in [1.82, 2.24) is 15.1 Å². The van der Waals surface area contributed by atoms with Crippen molar-refractivity contribution in [3.8, 4) is 0 Å². The van der Waals surface area contributed by atoms with E-state index in [4.69, 9.17) is 0 Å². The number of nitrogens with one attached hydrogen (secondary N) is 1. The summed E-state index contributed by atoms with van der Waals surface area (Å²) in [6, 6.07) is 17.5. The molecule has 1 aliphatic carbocycles. The second-order valence-electron chi connectivity index (χ2n) is 9.71. The summed E-state index contributed by atoms with van der Waals surface area (Å²) in [4.78, 5) is 18.4. The van der Waals surface area contributed by atoms with E-state index in [1.54, 1.807) is 0 Å². The third-order valence-electron chi connectivity index (χ3n) is 7.16. The van der Waals surface area contributed by atoms with Crippen LogP contribution in [0.3, 0.4) is 0 Å². The Morgan fingerprint density at radius 3 is 2.25 bits per heavy atom. The highest BCUT2D eigenvalue weighted by atomic mass is 16.2. The summed E-state index contributed by atoms with van der Waals surface area (Å²) in [5, 5.41) is 3.25. The number of piperazine rings is 1. The van der Waals surface area contributed by atoms with E-state index in [9.17, 15) is 4.79 Å². The van der Waals surface area contributed by atoms with Gasteiger partial charge < -0.3 is 5.32 Å². The molecule has 172 valence electrons. The summed E-state index contributed by atoms with van der Waals surface area (Å²) in [7, 11) is 0. The Morgan fingerprint density at radius 2 is 1.59 bits per heavy atom. The van der Waals surface area contributed by atoms with Gasteiger partial charge in [-0.2, -0.15) is 0 Å². The molecule has 0 bridgehead atoms. The third kappa shape index (κ3) is 5.99. The van der Waals surface area contributed by atoms with Crippen molar-refractivity contribution in [2.24, 2.45) is 0 Å². The Bertz CT molecular complexity index is 847. The molecule has 4 rings (SSSR count). The van der Waals surface area contributed by atoms with Gasteiger partial charge in [-0.1, -0.05) is 78.9 Å². The van der Waals surface area contributed by atoms with Crippen LogP contribution in [-0.4, -0.2) is 54.5 Å². The van der Waals surface area contributed by atoms with Gasteiger partial charge in [-0.25, -0.2) is 0 Å². The van der Waals surface area contributed by atoms with Crippen LogP contribution in [0, 0.1) is 13.8 Å².